The summed E-state index contributed by atoms with van der Waals surface area (Å²) in [4.78, 5) is 1.12. The normalized spacial score (nSPS) is 12.1. The van der Waals surface area contributed by atoms with Crippen LogP contribution in [0.15, 0.2) is 35.2 Å². The number of rotatable bonds is 4. The molecule has 1 aromatic carbocycles. The van der Waals surface area contributed by atoms with Crippen molar-refractivity contribution in [3.8, 4) is 0 Å². The first-order valence-electron chi connectivity index (χ1n) is 5.78. The van der Waals surface area contributed by atoms with Crippen LogP contribution in [0.3, 0.4) is 0 Å². The first-order valence-corrected chi connectivity index (χ1v) is 8.79. The van der Waals surface area contributed by atoms with Crippen LogP contribution in [0.4, 0.5) is 0 Å². The van der Waals surface area contributed by atoms with Gasteiger partial charge in [0.25, 0.3) is 0 Å². The lowest BCUT2D eigenvalue weighted by Crippen LogP contribution is -2.26. The zero-order chi connectivity index (χ0) is 14.9. The minimum absolute atomic E-state index is 0.232. The van der Waals surface area contributed by atoms with Gasteiger partial charge in [0.15, 0.2) is 0 Å². The molecule has 2 aromatic rings. The van der Waals surface area contributed by atoms with E-state index >= 15 is 0 Å². The van der Waals surface area contributed by atoms with E-state index in [1.165, 1.54) is 15.6 Å². The summed E-state index contributed by atoms with van der Waals surface area (Å²) < 4.78 is 27.1. The highest BCUT2D eigenvalue weighted by Crippen LogP contribution is 2.27. The molecule has 0 fully saturated rings. The lowest BCUT2D eigenvalue weighted by Gasteiger charge is -2.18. The van der Waals surface area contributed by atoms with Gasteiger partial charge in [0.1, 0.15) is 0 Å². The topological polar surface area (TPSA) is 37.4 Å². The second-order valence-corrected chi connectivity index (χ2v) is 8.55. The van der Waals surface area contributed by atoms with Crippen molar-refractivity contribution in [1.29, 1.82) is 0 Å². The molecule has 7 heteroatoms. The zero-order valence-corrected chi connectivity index (χ0v) is 14.1. The summed E-state index contributed by atoms with van der Waals surface area (Å²) in [6.07, 6.45) is 0. The van der Waals surface area contributed by atoms with E-state index in [0.29, 0.717) is 14.9 Å². The molecule has 0 saturated carbocycles. The molecule has 0 amide bonds. The maximum absolute atomic E-state index is 12.6. The molecule has 0 atom stereocenters. The molecule has 0 radical (unpaired) electrons. The quantitative estimate of drug-likeness (QED) is 0.829. The predicted octanol–water partition coefficient (Wildman–Crippen LogP) is 4.18. The molecule has 0 aliphatic heterocycles. The van der Waals surface area contributed by atoms with E-state index in [9.17, 15) is 8.42 Å². The lowest BCUT2D eigenvalue weighted by molar-refractivity contribution is 0.469. The van der Waals surface area contributed by atoms with Crippen LogP contribution in [-0.4, -0.2) is 19.8 Å². The molecule has 20 heavy (non-hydrogen) atoms. The second-order valence-electron chi connectivity index (χ2n) is 4.33. The van der Waals surface area contributed by atoms with Crippen LogP contribution in [0.5, 0.6) is 0 Å². The van der Waals surface area contributed by atoms with E-state index < -0.39 is 10.0 Å². The van der Waals surface area contributed by atoms with Crippen LogP contribution in [0.25, 0.3) is 0 Å². The molecule has 2 rings (SSSR count). The molecule has 0 aliphatic rings. The highest BCUT2D eigenvalue weighted by Gasteiger charge is 2.24. The number of hydrogen-bond acceptors (Lipinski definition) is 3. The average Bonchev–Trinajstić information content (AvgIpc) is 2.78. The fourth-order valence-corrected chi connectivity index (χ4v) is 4.62. The van der Waals surface area contributed by atoms with Crippen LogP contribution in [0, 0.1) is 6.92 Å². The van der Waals surface area contributed by atoms with Crippen molar-refractivity contribution in [2.45, 2.75) is 18.4 Å². The van der Waals surface area contributed by atoms with Crippen LogP contribution in [0.1, 0.15) is 10.4 Å². The van der Waals surface area contributed by atoms with Gasteiger partial charge in [0.05, 0.1) is 9.23 Å². The van der Waals surface area contributed by atoms with E-state index in [4.69, 9.17) is 23.2 Å². The Morgan fingerprint density at radius 3 is 2.50 bits per heavy atom. The molecule has 0 N–H and O–H groups in total. The highest BCUT2D eigenvalue weighted by molar-refractivity contribution is 7.89. The van der Waals surface area contributed by atoms with Crippen molar-refractivity contribution in [2.75, 3.05) is 7.05 Å². The molecule has 0 spiro atoms. The number of nitrogens with zero attached hydrogens (tertiary/aromatic N) is 1. The molecule has 0 aliphatic carbocycles. The van der Waals surface area contributed by atoms with Gasteiger partial charge in [0.2, 0.25) is 10.0 Å². The van der Waals surface area contributed by atoms with E-state index in [0.717, 1.165) is 4.88 Å². The number of benzene rings is 1. The molecule has 3 nitrogen and oxygen atoms in total. The Morgan fingerprint density at radius 2 is 1.90 bits per heavy atom. The highest BCUT2D eigenvalue weighted by atomic mass is 35.5. The van der Waals surface area contributed by atoms with Crippen LogP contribution in [0.2, 0.25) is 9.36 Å². The number of sulfonamides is 1. The van der Waals surface area contributed by atoms with Crippen molar-refractivity contribution in [3.05, 3.63) is 50.1 Å². The van der Waals surface area contributed by atoms with Crippen molar-refractivity contribution < 1.29 is 8.42 Å². The number of thiophene rings is 1. The fraction of sp³-hybridized carbons (Fsp3) is 0.231. The third-order valence-electron chi connectivity index (χ3n) is 2.91. The smallest absolute Gasteiger partial charge is 0.207 e. The van der Waals surface area contributed by atoms with Crippen molar-refractivity contribution in [1.82, 2.24) is 4.31 Å². The predicted molar refractivity (Wildman–Crippen MR) is 84.2 cm³/mol. The van der Waals surface area contributed by atoms with Crippen LogP contribution in [-0.2, 0) is 16.6 Å². The van der Waals surface area contributed by atoms with Gasteiger partial charge in [0, 0.05) is 23.5 Å². The summed E-state index contributed by atoms with van der Waals surface area (Å²) in [7, 11) is -2.02. The van der Waals surface area contributed by atoms with E-state index in [1.807, 2.05) is 6.07 Å². The Labute approximate surface area is 132 Å². The van der Waals surface area contributed by atoms with Crippen molar-refractivity contribution in [3.63, 3.8) is 0 Å². The van der Waals surface area contributed by atoms with Gasteiger partial charge in [-0.1, -0.05) is 29.3 Å². The molecule has 1 aromatic heterocycles. The van der Waals surface area contributed by atoms with Crippen molar-refractivity contribution in [2.24, 2.45) is 0 Å². The standard InChI is InChI=1S/C13H13Cl2NO2S2/c1-9-11(14)4-3-5-12(9)20(17,18)16(2)8-10-6-7-13(15)19-10/h3-7H,8H2,1-2H3. The first kappa shape index (κ1) is 15.8. The van der Waals surface area contributed by atoms with E-state index in [2.05, 4.69) is 0 Å². The summed E-state index contributed by atoms with van der Waals surface area (Å²) in [5, 5.41) is 0.443. The molecular formula is C13H13Cl2NO2S2. The SMILES string of the molecule is Cc1c(Cl)cccc1S(=O)(=O)N(C)Cc1ccc(Cl)s1. The second kappa shape index (κ2) is 6.03. The molecule has 1 heterocycles. The maximum Gasteiger partial charge on any atom is 0.243 e. The van der Waals surface area contributed by atoms with Gasteiger partial charge in [-0.25, -0.2) is 8.42 Å². The minimum atomic E-state index is -3.57. The zero-order valence-electron chi connectivity index (χ0n) is 10.9. The van der Waals surface area contributed by atoms with E-state index in [1.54, 1.807) is 38.2 Å². The average molecular weight is 350 g/mol. The Balaban J connectivity index is 2.32. The van der Waals surface area contributed by atoms with Crippen LogP contribution < -0.4 is 0 Å². The Kier molecular flexibility index (Phi) is 4.76. The summed E-state index contributed by atoms with van der Waals surface area (Å²) in [6, 6.07) is 8.46. The first-order chi connectivity index (χ1) is 9.32. The van der Waals surface area contributed by atoms with Gasteiger partial charge >= 0.3 is 0 Å². The van der Waals surface area contributed by atoms with Crippen LogP contribution >= 0.6 is 34.5 Å². The number of hydrogen-bond donors (Lipinski definition) is 0. The lowest BCUT2D eigenvalue weighted by atomic mass is 10.2. The maximum atomic E-state index is 12.6. The Hall–Kier alpha value is -0.590. The van der Waals surface area contributed by atoms with E-state index in [-0.39, 0.29) is 11.4 Å². The van der Waals surface area contributed by atoms with Gasteiger partial charge < -0.3 is 0 Å². The summed E-state index contributed by atoms with van der Waals surface area (Å²) in [5.74, 6) is 0. The molecule has 0 saturated heterocycles. The van der Waals surface area contributed by atoms with Crippen molar-refractivity contribution >= 4 is 44.6 Å². The molecular weight excluding hydrogens is 337 g/mol. The molecule has 108 valence electrons. The monoisotopic (exact) mass is 349 g/mol. The largest absolute Gasteiger partial charge is 0.243 e. The third-order valence-corrected chi connectivity index (χ3v) is 6.49. The van der Waals surface area contributed by atoms with Gasteiger partial charge in [-0.05, 0) is 36.8 Å². The fourth-order valence-electron chi connectivity index (χ4n) is 1.78. The molecule has 0 bridgehead atoms. The summed E-state index contributed by atoms with van der Waals surface area (Å²) >= 11 is 13.2. The summed E-state index contributed by atoms with van der Waals surface area (Å²) in [6.45, 7) is 1.98. The molecule has 0 unspecified atom stereocenters. The number of halogens is 2. The van der Waals surface area contributed by atoms with Gasteiger partial charge in [-0.3, -0.25) is 0 Å². The minimum Gasteiger partial charge on any atom is -0.207 e. The Morgan fingerprint density at radius 1 is 1.20 bits per heavy atom. The third kappa shape index (κ3) is 3.18. The van der Waals surface area contributed by atoms with Gasteiger partial charge in [-0.2, -0.15) is 4.31 Å². The Bertz CT molecular complexity index is 726. The van der Waals surface area contributed by atoms with Gasteiger partial charge in [-0.15, -0.1) is 11.3 Å². The summed E-state index contributed by atoms with van der Waals surface area (Å²) in [5.41, 5.74) is 0.560.